The van der Waals surface area contributed by atoms with Gasteiger partial charge in [-0.2, -0.15) is 4.72 Å². The van der Waals surface area contributed by atoms with Crippen molar-refractivity contribution in [2.45, 2.75) is 44.7 Å². The summed E-state index contributed by atoms with van der Waals surface area (Å²) in [5.41, 5.74) is 0.579. The molecule has 10 heteroatoms. The Morgan fingerprint density at radius 2 is 1.79 bits per heavy atom. The first kappa shape index (κ1) is 21.6. The molecule has 152 valence electrons. The van der Waals surface area contributed by atoms with E-state index in [1.165, 1.54) is 25.1 Å². The second-order valence-electron chi connectivity index (χ2n) is 6.56. The van der Waals surface area contributed by atoms with Gasteiger partial charge in [0.1, 0.15) is 6.04 Å². The van der Waals surface area contributed by atoms with E-state index in [4.69, 9.17) is 9.26 Å². The van der Waals surface area contributed by atoms with Crippen LogP contribution in [-0.2, 0) is 24.3 Å². The molecule has 1 heterocycles. The lowest BCUT2D eigenvalue weighted by molar-refractivity contribution is -0.155. The highest BCUT2D eigenvalue weighted by atomic mass is 32.2. The van der Waals surface area contributed by atoms with Crippen molar-refractivity contribution in [1.82, 2.24) is 9.88 Å². The number of ether oxygens (including phenoxy) is 1. The van der Waals surface area contributed by atoms with E-state index >= 15 is 0 Å². The molecular weight excluding hydrogens is 386 g/mol. The lowest BCUT2D eigenvalue weighted by Gasteiger charge is -2.22. The third kappa shape index (κ3) is 5.64. The van der Waals surface area contributed by atoms with Crippen LogP contribution in [-0.4, -0.2) is 37.6 Å². The van der Waals surface area contributed by atoms with Crippen LogP contribution in [0.25, 0.3) is 0 Å². The molecule has 28 heavy (non-hydrogen) atoms. The largest absolute Gasteiger partial charge is 0.451 e. The van der Waals surface area contributed by atoms with Gasteiger partial charge >= 0.3 is 5.97 Å². The molecule has 0 radical (unpaired) electrons. The van der Waals surface area contributed by atoms with E-state index in [1.54, 1.807) is 39.0 Å². The van der Waals surface area contributed by atoms with Crippen LogP contribution in [0.5, 0.6) is 0 Å². The van der Waals surface area contributed by atoms with E-state index in [9.17, 15) is 18.0 Å². The van der Waals surface area contributed by atoms with E-state index in [0.717, 1.165) is 0 Å². The molecule has 0 saturated heterocycles. The summed E-state index contributed by atoms with van der Waals surface area (Å²) in [6.07, 6.45) is -1.17. The third-order valence-corrected chi connectivity index (χ3v) is 5.25. The van der Waals surface area contributed by atoms with Crippen molar-refractivity contribution in [3.05, 3.63) is 42.1 Å². The lowest BCUT2D eigenvalue weighted by atomic mass is 10.1. The predicted molar refractivity (Wildman–Crippen MR) is 101 cm³/mol. The molecule has 0 saturated carbocycles. The molecule has 2 aromatic rings. The SMILES string of the molecule is Cc1cc(NC(=O)[C@@H](C)OC(=O)[C@@H](NS(=O)(=O)c2ccccc2)C(C)C)on1. The summed E-state index contributed by atoms with van der Waals surface area (Å²) in [5, 5.41) is 6.06. The molecule has 2 atom stereocenters. The average Bonchev–Trinajstić information content (AvgIpc) is 3.04. The molecule has 0 unspecified atom stereocenters. The molecule has 0 spiro atoms. The Bertz CT molecular complexity index is 924. The van der Waals surface area contributed by atoms with Gasteiger partial charge in [-0.15, -0.1) is 0 Å². The monoisotopic (exact) mass is 409 g/mol. The number of nitrogens with zero attached hydrogens (tertiary/aromatic N) is 1. The molecule has 0 bridgehead atoms. The van der Waals surface area contributed by atoms with Crippen molar-refractivity contribution in [3.63, 3.8) is 0 Å². The van der Waals surface area contributed by atoms with Crippen LogP contribution in [0.1, 0.15) is 26.5 Å². The summed E-state index contributed by atoms with van der Waals surface area (Å²) in [6, 6.07) is 8.03. The molecule has 9 nitrogen and oxygen atoms in total. The quantitative estimate of drug-likeness (QED) is 0.637. The molecule has 2 N–H and O–H groups in total. The van der Waals surface area contributed by atoms with Gasteiger partial charge in [-0.25, -0.2) is 8.42 Å². The third-order valence-electron chi connectivity index (χ3n) is 3.79. The number of hydrogen-bond donors (Lipinski definition) is 2. The fourth-order valence-electron chi connectivity index (χ4n) is 2.24. The zero-order chi connectivity index (χ0) is 20.9. The first-order chi connectivity index (χ1) is 13.1. The number of aryl methyl sites for hydroxylation is 1. The van der Waals surface area contributed by atoms with E-state index in [1.807, 2.05) is 0 Å². The molecular formula is C18H23N3O6S. The molecule has 0 aliphatic carbocycles. The van der Waals surface area contributed by atoms with E-state index in [-0.39, 0.29) is 10.8 Å². The van der Waals surface area contributed by atoms with Crippen LogP contribution in [0.4, 0.5) is 5.88 Å². The van der Waals surface area contributed by atoms with Crippen LogP contribution < -0.4 is 10.0 Å². The van der Waals surface area contributed by atoms with E-state index < -0.39 is 40.0 Å². The number of sulfonamides is 1. The van der Waals surface area contributed by atoms with Crippen molar-refractivity contribution < 1.29 is 27.3 Å². The summed E-state index contributed by atoms with van der Waals surface area (Å²) in [4.78, 5) is 24.7. The number of esters is 1. The van der Waals surface area contributed by atoms with Gasteiger partial charge in [-0.3, -0.25) is 14.9 Å². The van der Waals surface area contributed by atoms with Crippen molar-refractivity contribution in [2.24, 2.45) is 5.92 Å². The van der Waals surface area contributed by atoms with Gasteiger partial charge in [0.25, 0.3) is 5.91 Å². The Hall–Kier alpha value is -2.72. The zero-order valence-electron chi connectivity index (χ0n) is 16.0. The molecule has 0 aliphatic heterocycles. The van der Waals surface area contributed by atoms with Crippen LogP contribution in [0, 0.1) is 12.8 Å². The standard InChI is InChI=1S/C18H23N3O6S/c1-11(2)16(21-28(24,25)14-8-6-5-7-9-14)18(23)26-13(4)17(22)19-15-10-12(3)20-27-15/h5-11,13,16,21H,1-4H3,(H,19,22)/t13-,16+/m1/s1. The van der Waals surface area contributed by atoms with Gasteiger partial charge < -0.3 is 9.26 Å². The number of hydrogen-bond acceptors (Lipinski definition) is 7. The minimum Gasteiger partial charge on any atom is -0.451 e. The number of carbonyl (C=O) groups is 2. The highest BCUT2D eigenvalue weighted by Crippen LogP contribution is 2.14. The number of rotatable bonds is 8. The molecule has 1 amide bonds. The van der Waals surface area contributed by atoms with Crippen LogP contribution in [0.2, 0.25) is 0 Å². The van der Waals surface area contributed by atoms with Gasteiger partial charge in [0.2, 0.25) is 15.9 Å². The zero-order valence-corrected chi connectivity index (χ0v) is 16.8. The van der Waals surface area contributed by atoms with Crippen molar-refractivity contribution in [2.75, 3.05) is 5.32 Å². The molecule has 1 aromatic heterocycles. The Kier molecular flexibility index (Phi) is 6.92. The molecule has 0 aliphatic rings. The van der Waals surface area contributed by atoms with Gasteiger partial charge in [0, 0.05) is 6.07 Å². The minimum absolute atomic E-state index is 0.0277. The van der Waals surface area contributed by atoms with Gasteiger partial charge in [-0.05, 0) is 31.9 Å². The fraction of sp³-hybridized carbons (Fsp3) is 0.389. The average molecular weight is 409 g/mol. The van der Waals surface area contributed by atoms with Gasteiger partial charge in [-0.1, -0.05) is 37.2 Å². The molecule has 0 fully saturated rings. The number of nitrogens with one attached hydrogen (secondary N) is 2. The Morgan fingerprint density at radius 1 is 1.14 bits per heavy atom. The summed E-state index contributed by atoms with van der Waals surface area (Å²) in [7, 11) is -3.93. The first-order valence-corrected chi connectivity index (χ1v) is 10.1. The second-order valence-corrected chi connectivity index (χ2v) is 8.27. The maximum absolute atomic E-state index is 12.5. The fourth-order valence-corrected chi connectivity index (χ4v) is 3.59. The minimum atomic E-state index is -3.93. The summed E-state index contributed by atoms with van der Waals surface area (Å²) < 4.78 is 37.4. The van der Waals surface area contributed by atoms with Crippen molar-refractivity contribution in [1.29, 1.82) is 0 Å². The predicted octanol–water partition coefficient (Wildman–Crippen LogP) is 1.86. The van der Waals surface area contributed by atoms with Gasteiger partial charge in [0.15, 0.2) is 6.10 Å². The van der Waals surface area contributed by atoms with Gasteiger partial charge in [0.05, 0.1) is 10.6 Å². The smallest absolute Gasteiger partial charge is 0.325 e. The Morgan fingerprint density at radius 3 is 2.32 bits per heavy atom. The van der Waals surface area contributed by atoms with Crippen molar-refractivity contribution in [3.8, 4) is 0 Å². The Balaban J connectivity index is 2.05. The number of aromatic nitrogens is 1. The highest BCUT2D eigenvalue weighted by molar-refractivity contribution is 7.89. The highest BCUT2D eigenvalue weighted by Gasteiger charge is 2.32. The maximum atomic E-state index is 12.5. The van der Waals surface area contributed by atoms with Crippen LogP contribution >= 0.6 is 0 Å². The number of carbonyl (C=O) groups excluding carboxylic acids is 2. The van der Waals surface area contributed by atoms with E-state index in [0.29, 0.717) is 5.69 Å². The van der Waals surface area contributed by atoms with E-state index in [2.05, 4.69) is 15.2 Å². The van der Waals surface area contributed by atoms with Crippen LogP contribution in [0.3, 0.4) is 0 Å². The number of amides is 1. The van der Waals surface area contributed by atoms with Crippen LogP contribution in [0.15, 0.2) is 45.8 Å². The Labute approximate surface area is 163 Å². The number of anilines is 1. The summed E-state index contributed by atoms with van der Waals surface area (Å²) >= 11 is 0. The molecule has 2 rings (SSSR count). The maximum Gasteiger partial charge on any atom is 0.325 e. The second kappa shape index (κ2) is 8.98. The topological polar surface area (TPSA) is 128 Å². The summed E-state index contributed by atoms with van der Waals surface area (Å²) in [6.45, 7) is 6.40. The van der Waals surface area contributed by atoms with Crippen molar-refractivity contribution >= 4 is 27.8 Å². The summed E-state index contributed by atoms with van der Waals surface area (Å²) in [5.74, 6) is -1.77. The number of benzene rings is 1. The normalized spacial score (nSPS) is 13.8. The first-order valence-electron chi connectivity index (χ1n) is 8.62. The molecule has 1 aromatic carbocycles. The lowest BCUT2D eigenvalue weighted by Crippen LogP contribution is -2.47.